The summed E-state index contributed by atoms with van der Waals surface area (Å²) in [6.07, 6.45) is 0. The fraction of sp³-hybridized carbons (Fsp3) is 0.133. The second-order valence-corrected chi connectivity index (χ2v) is 4.70. The summed E-state index contributed by atoms with van der Waals surface area (Å²) in [4.78, 5) is 1.79. The summed E-state index contributed by atoms with van der Waals surface area (Å²) in [7, 11) is 1.80. The molecular weight excluding hydrogens is 263 g/mol. The van der Waals surface area contributed by atoms with Crippen LogP contribution in [0.3, 0.4) is 0 Å². The van der Waals surface area contributed by atoms with Gasteiger partial charge in [-0.05, 0) is 35.9 Å². The molecule has 0 unspecified atom stereocenters. The number of rotatable bonds is 3. The van der Waals surface area contributed by atoms with Crippen molar-refractivity contribution in [3.8, 4) is 6.07 Å². The van der Waals surface area contributed by atoms with Gasteiger partial charge < -0.3 is 4.90 Å². The Labute approximate surface area is 116 Å². The molecule has 0 radical (unpaired) electrons. The number of hydrogen-bond donors (Lipinski definition) is 0. The Bertz CT molecular complexity index is 617. The number of hydrogen-bond acceptors (Lipinski definition) is 2. The van der Waals surface area contributed by atoms with Gasteiger partial charge >= 0.3 is 0 Å². The van der Waals surface area contributed by atoms with Crippen LogP contribution in [-0.4, -0.2) is 7.05 Å². The number of nitriles is 1. The second kappa shape index (κ2) is 5.73. The minimum Gasteiger partial charge on any atom is -0.368 e. The van der Waals surface area contributed by atoms with Crippen LogP contribution >= 0.6 is 11.6 Å². The lowest BCUT2D eigenvalue weighted by Crippen LogP contribution is -2.17. The van der Waals surface area contributed by atoms with Gasteiger partial charge in [-0.25, -0.2) is 4.39 Å². The monoisotopic (exact) mass is 274 g/mol. The van der Waals surface area contributed by atoms with Crippen molar-refractivity contribution in [3.63, 3.8) is 0 Å². The van der Waals surface area contributed by atoms with Crippen molar-refractivity contribution in [2.24, 2.45) is 0 Å². The van der Waals surface area contributed by atoms with E-state index >= 15 is 0 Å². The molecule has 0 aromatic heterocycles. The van der Waals surface area contributed by atoms with Gasteiger partial charge in [-0.1, -0.05) is 23.7 Å². The van der Waals surface area contributed by atoms with Crippen molar-refractivity contribution in [3.05, 3.63) is 64.4 Å². The Balaban J connectivity index is 2.18. The number of anilines is 1. The van der Waals surface area contributed by atoms with E-state index < -0.39 is 5.82 Å². The third-order valence-electron chi connectivity index (χ3n) is 2.82. The number of nitrogens with zero attached hydrogens (tertiary/aromatic N) is 2. The molecule has 2 aromatic carbocycles. The lowest BCUT2D eigenvalue weighted by molar-refractivity contribution is 0.622. The molecule has 19 heavy (non-hydrogen) atoms. The van der Waals surface area contributed by atoms with Crippen molar-refractivity contribution < 1.29 is 4.39 Å². The van der Waals surface area contributed by atoms with Crippen molar-refractivity contribution in [1.29, 1.82) is 5.26 Å². The zero-order valence-corrected chi connectivity index (χ0v) is 11.2. The van der Waals surface area contributed by atoms with E-state index in [1.165, 1.54) is 6.07 Å². The molecule has 0 aliphatic rings. The van der Waals surface area contributed by atoms with Gasteiger partial charge in [-0.2, -0.15) is 5.26 Å². The molecule has 2 rings (SSSR count). The maximum absolute atomic E-state index is 13.8. The van der Waals surface area contributed by atoms with E-state index in [0.29, 0.717) is 22.8 Å². The van der Waals surface area contributed by atoms with Crippen molar-refractivity contribution in [1.82, 2.24) is 0 Å². The minimum atomic E-state index is -0.393. The second-order valence-electron chi connectivity index (χ2n) is 4.26. The molecule has 2 aromatic rings. The Morgan fingerprint density at radius 2 is 1.89 bits per heavy atom. The first kappa shape index (κ1) is 13.4. The van der Waals surface area contributed by atoms with Gasteiger partial charge in [0.05, 0.1) is 17.3 Å². The molecule has 0 spiro atoms. The predicted octanol–water partition coefficient (Wildman–Crippen LogP) is 3.99. The zero-order valence-electron chi connectivity index (χ0n) is 10.4. The van der Waals surface area contributed by atoms with E-state index in [2.05, 4.69) is 0 Å². The van der Waals surface area contributed by atoms with E-state index in [1.54, 1.807) is 36.2 Å². The van der Waals surface area contributed by atoms with Crippen LogP contribution in [0.5, 0.6) is 0 Å². The average Bonchev–Trinajstić information content (AvgIpc) is 2.41. The zero-order chi connectivity index (χ0) is 13.8. The fourth-order valence-electron chi connectivity index (χ4n) is 1.83. The van der Waals surface area contributed by atoms with Gasteiger partial charge in [-0.3, -0.25) is 0 Å². The summed E-state index contributed by atoms with van der Waals surface area (Å²) in [6, 6.07) is 13.8. The summed E-state index contributed by atoms with van der Waals surface area (Å²) in [5.41, 5.74) is 1.82. The van der Waals surface area contributed by atoms with Crippen molar-refractivity contribution in [2.45, 2.75) is 6.54 Å². The van der Waals surface area contributed by atoms with E-state index in [0.717, 1.165) is 5.56 Å². The van der Waals surface area contributed by atoms with E-state index in [4.69, 9.17) is 16.9 Å². The molecule has 0 N–H and O–H groups in total. The van der Waals surface area contributed by atoms with Gasteiger partial charge in [0.25, 0.3) is 0 Å². The molecule has 0 saturated carbocycles. The highest BCUT2D eigenvalue weighted by Crippen LogP contribution is 2.21. The highest BCUT2D eigenvalue weighted by molar-refractivity contribution is 6.30. The lowest BCUT2D eigenvalue weighted by Gasteiger charge is -2.20. The molecule has 0 aliphatic heterocycles. The van der Waals surface area contributed by atoms with Gasteiger partial charge in [0.2, 0.25) is 0 Å². The average molecular weight is 275 g/mol. The minimum absolute atomic E-state index is 0.321. The maximum Gasteiger partial charge on any atom is 0.147 e. The van der Waals surface area contributed by atoms with Gasteiger partial charge in [-0.15, -0.1) is 0 Å². The van der Waals surface area contributed by atoms with Crippen molar-refractivity contribution >= 4 is 17.3 Å². The van der Waals surface area contributed by atoms with Gasteiger partial charge in [0.15, 0.2) is 0 Å². The third kappa shape index (κ3) is 3.24. The highest BCUT2D eigenvalue weighted by Gasteiger charge is 2.09. The van der Waals surface area contributed by atoms with Crippen LogP contribution < -0.4 is 4.90 Å². The van der Waals surface area contributed by atoms with Crippen LogP contribution in [0.4, 0.5) is 10.1 Å². The highest BCUT2D eigenvalue weighted by atomic mass is 35.5. The number of halogens is 2. The first-order chi connectivity index (χ1) is 9.10. The first-order valence-electron chi connectivity index (χ1n) is 5.75. The molecule has 0 atom stereocenters. The number of benzene rings is 2. The normalized spacial score (nSPS) is 10.0. The fourth-order valence-corrected chi connectivity index (χ4v) is 1.96. The van der Waals surface area contributed by atoms with E-state index in [1.807, 2.05) is 18.2 Å². The standard InChI is InChI=1S/C15H12ClFN2/c1-19(10-11-2-5-13(16)6-3-11)15-7-4-12(9-18)8-14(15)17/h2-8H,10H2,1H3. The molecule has 0 fully saturated rings. The maximum atomic E-state index is 13.8. The Kier molecular flexibility index (Phi) is 4.03. The largest absolute Gasteiger partial charge is 0.368 e. The summed E-state index contributed by atoms with van der Waals surface area (Å²) in [5, 5.41) is 9.39. The summed E-state index contributed by atoms with van der Waals surface area (Å²) in [6.45, 7) is 0.569. The van der Waals surface area contributed by atoms with E-state index in [-0.39, 0.29) is 0 Å². The molecule has 96 valence electrons. The van der Waals surface area contributed by atoms with Crippen LogP contribution in [0.25, 0.3) is 0 Å². The van der Waals surface area contributed by atoms with Crippen LogP contribution in [0.2, 0.25) is 5.02 Å². The van der Waals surface area contributed by atoms with Crippen LogP contribution in [0, 0.1) is 17.1 Å². The molecule has 0 aliphatic carbocycles. The van der Waals surface area contributed by atoms with Gasteiger partial charge in [0.1, 0.15) is 5.82 Å². The molecular formula is C15H12ClFN2. The Morgan fingerprint density at radius 3 is 2.47 bits per heavy atom. The third-order valence-corrected chi connectivity index (χ3v) is 3.07. The van der Waals surface area contributed by atoms with Crippen molar-refractivity contribution in [2.75, 3.05) is 11.9 Å². The van der Waals surface area contributed by atoms with Crippen LogP contribution in [0.1, 0.15) is 11.1 Å². The quantitative estimate of drug-likeness (QED) is 0.846. The summed E-state index contributed by atoms with van der Waals surface area (Å²) < 4.78 is 13.8. The first-order valence-corrected chi connectivity index (χ1v) is 6.13. The molecule has 0 bridgehead atoms. The van der Waals surface area contributed by atoms with Crippen LogP contribution in [-0.2, 0) is 6.54 Å². The molecule has 0 heterocycles. The smallest absolute Gasteiger partial charge is 0.147 e. The molecule has 4 heteroatoms. The molecule has 2 nitrogen and oxygen atoms in total. The SMILES string of the molecule is CN(Cc1ccc(Cl)cc1)c1ccc(C#N)cc1F. The molecule has 0 saturated heterocycles. The lowest BCUT2D eigenvalue weighted by atomic mass is 10.1. The predicted molar refractivity (Wildman–Crippen MR) is 74.7 cm³/mol. The Morgan fingerprint density at radius 1 is 1.21 bits per heavy atom. The Hall–Kier alpha value is -2.05. The molecule has 0 amide bonds. The summed E-state index contributed by atoms with van der Waals surface area (Å²) >= 11 is 5.82. The van der Waals surface area contributed by atoms with E-state index in [9.17, 15) is 4.39 Å². The van der Waals surface area contributed by atoms with Gasteiger partial charge in [0, 0.05) is 18.6 Å². The van der Waals surface area contributed by atoms with Crippen LogP contribution in [0.15, 0.2) is 42.5 Å². The summed E-state index contributed by atoms with van der Waals surface area (Å²) in [5.74, 6) is -0.393. The topological polar surface area (TPSA) is 27.0 Å².